The number of alkyl halides is 2. The van der Waals surface area contributed by atoms with Crippen molar-refractivity contribution in [2.24, 2.45) is 0 Å². The molecule has 0 aliphatic carbocycles. The van der Waals surface area contributed by atoms with Crippen molar-refractivity contribution in [2.45, 2.75) is 45.7 Å². The number of halogens is 2. The molecule has 1 aliphatic rings. The highest BCUT2D eigenvalue weighted by atomic mass is 19.3. The van der Waals surface area contributed by atoms with E-state index in [1.165, 1.54) is 10.9 Å². The summed E-state index contributed by atoms with van der Waals surface area (Å²) in [5.41, 5.74) is 3.94. The van der Waals surface area contributed by atoms with E-state index in [1.54, 1.807) is 0 Å². The molecule has 0 radical (unpaired) electrons. The van der Waals surface area contributed by atoms with Gasteiger partial charge in [0, 0.05) is 24.5 Å². The van der Waals surface area contributed by atoms with Gasteiger partial charge in [-0.1, -0.05) is 29.8 Å². The number of aryl methyl sites for hydroxylation is 1. The van der Waals surface area contributed by atoms with Crippen molar-refractivity contribution >= 4 is 23.1 Å². The number of benzene rings is 2. The van der Waals surface area contributed by atoms with Crippen LogP contribution in [0.3, 0.4) is 0 Å². The summed E-state index contributed by atoms with van der Waals surface area (Å²) in [6, 6.07) is 13.9. The van der Waals surface area contributed by atoms with E-state index in [1.807, 2.05) is 55.5 Å². The van der Waals surface area contributed by atoms with Gasteiger partial charge in [0.25, 0.3) is 12.3 Å². The minimum Gasteiger partial charge on any atom is -0.372 e. The molecule has 2 N–H and O–H groups in total. The van der Waals surface area contributed by atoms with Gasteiger partial charge in [-0.3, -0.25) is 4.79 Å². The van der Waals surface area contributed by atoms with E-state index < -0.39 is 18.4 Å². The Balaban J connectivity index is 1.57. The van der Waals surface area contributed by atoms with Crippen LogP contribution >= 0.6 is 0 Å². The third-order valence-corrected chi connectivity index (χ3v) is 6.17. The van der Waals surface area contributed by atoms with Crippen LogP contribution in [0.5, 0.6) is 0 Å². The van der Waals surface area contributed by atoms with Crippen LogP contribution in [0.1, 0.15) is 53.8 Å². The lowest BCUT2D eigenvalue weighted by Gasteiger charge is -2.32. The molecule has 8 heteroatoms. The SMILES string of the molecule is CCN(CC)c1ccc(NC(=O)c2cnn3c2N[C@@H](c2ccc(C)cc2)C[C@@H]3C(F)F)cc1. The van der Waals surface area contributed by atoms with Crippen LogP contribution < -0.4 is 15.5 Å². The molecule has 0 saturated heterocycles. The van der Waals surface area contributed by atoms with Crippen LogP contribution in [0.4, 0.5) is 26.0 Å². The van der Waals surface area contributed by atoms with Crippen molar-refractivity contribution in [1.29, 1.82) is 0 Å². The Morgan fingerprint density at radius 3 is 2.42 bits per heavy atom. The number of anilines is 3. The first-order chi connectivity index (χ1) is 15.9. The van der Waals surface area contributed by atoms with Gasteiger partial charge in [-0.25, -0.2) is 13.5 Å². The van der Waals surface area contributed by atoms with Gasteiger partial charge < -0.3 is 15.5 Å². The van der Waals surface area contributed by atoms with Gasteiger partial charge in [0.05, 0.1) is 12.2 Å². The summed E-state index contributed by atoms with van der Waals surface area (Å²) >= 11 is 0. The molecule has 0 bridgehead atoms. The smallest absolute Gasteiger partial charge is 0.261 e. The standard InChI is InChI=1S/C25H29F2N5O/c1-4-31(5-2)19-12-10-18(11-13-19)29-25(33)20-15-28-32-22(23(26)27)14-21(30-24(20)32)17-8-6-16(3)7-9-17/h6-13,15,21-23,30H,4-5,14H2,1-3H3,(H,29,33)/t21-,22-/m1/s1. The van der Waals surface area contributed by atoms with Gasteiger partial charge >= 0.3 is 0 Å². The highest BCUT2D eigenvalue weighted by Crippen LogP contribution is 2.39. The fourth-order valence-corrected chi connectivity index (χ4v) is 4.26. The Morgan fingerprint density at radius 2 is 1.82 bits per heavy atom. The maximum atomic E-state index is 13.9. The first-order valence-corrected chi connectivity index (χ1v) is 11.3. The molecule has 1 amide bonds. The molecule has 0 unspecified atom stereocenters. The molecule has 3 aromatic rings. The maximum Gasteiger partial charge on any atom is 0.261 e. The summed E-state index contributed by atoms with van der Waals surface area (Å²) in [5.74, 6) is -0.0775. The predicted molar refractivity (Wildman–Crippen MR) is 127 cm³/mol. The normalized spacial score (nSPS) is 17.4. The van der Waals surface area contributed by atoms with E-state index >= 15 is 0 Å². The number of fused-ring (bicyclic) bond motifs is 1. The average Bonchev–Trinajstić information content (AvgIpc) is 3.25. The van der Waals surface area contributed by atoms with Gasteiger partial charge in [0.1, 0.15) is 17.4 Å². The average molecular weight is 454 g/mol. The minimum atomic E-state index is -2.60. The Hall–Kier alpha value is -3.42. The molecule has 4 rings (SSSR count). The zero-order valence-electron chi connectivity index (χ0n) is 19.1. The summed E-state index contributed by atoms with van der Waals surface area (Å²) in [6.45, 7) is 7.94. The molecular formula is C25H29F2N5O. The van der Waals surface area contributed by atoms with Gasteiger partial charge in [-0.05, 0) is 57.0 Å². The van der Waals surface area contributed by atoms with Crippen LogP contribution in [-0.2, 0) is 0 Å². The van der Waals surface area contributed by atoms with E-state index in [-0.39, 0.29) is 18.0 Å². The molecule has 0 fully saturated rings. The van der Waals surface area contributed by atoms with Crippen LogP contribution in [0.25, 0.3) is 0 Å². The molecule has 0 saturated carbocycles. The van der Waals surface area contributed by atoms with E-state index in [2.05, 4.69) is 34.5 Å². The second-order valence-electron chi connectivity index (χ2n) is 8.27. The number of hydrogen-bond acceptors (Lipinski definition) is 4. The Morgan fingerprint density at radius 1 is 1.15 bits per heavy atom. The third kappa shape index (κ3) is 4.69. The highest BCUT2D eigenvalue weighted by molar-refractivity contribution is 6.07. The van der Waals surface area contributed by atoms with Gasteiger partial charge in [-0.2, -0.15) is 5.10 Å². The second kappa shape index (κ2) is 9.60. The van der Waals surface area contributed by atoms with Crippen molar-refractivity contribution in [3.8, 4) is 0 Å². The van der Waals surface area contributed by atoms with Gasteiger partial charge in [-0.15, -0.1) is 0 Å². The number of carbonyl (C=O) groups excluding carboxylic acids is 1. The lowest BCUT2D eigenvalue weighted by atomic mass is 9.96. The fraction of sp³-hybridized carbons (Fsp3) is 0.360. The Kier molecular flexibility index (Phi) is 6.62. The van der Waals surface area contributed by atoms with Crippen molar-refractivity contribution in [3.05, 3.63) is 71.4 Å². The lowest BCUT2D eigenvalue weighted by molar-refractivity contribution is 0.0657. The van der Waals surface area contributed by atoms with Crippen molar-refractivity contribution in [1.82, 2.24) is 9.78 Å². The van der Waals surface area contributed by atoms with Crippen LogP contribution in [-0.4, -0.2) is 35.2 Å². The first kappa shape index (κ1) is 22.8. The van der Waals surface area contributed by atoms with Crippen LogP contribution in [0.15, 0.2) is 54.7 Å². The van der Waals surface area contributed by atoms with Crippen LogP contribution in [0, 0.1) is 6.92 Å². The zero-order valence-corrected chi connectivity index (χ0v) is 19.1. The molecule has 0 spiro atoms. The summed E-state index contributed by atoms with van der Waals surface area (Å²) in [4.78, 5) is 15.2. The Bertz CT molecular complexity index is 1090. The van der Waals surface area contributed by atoms with Crippen LogP contribution in [0.2, 0.25) is 0 Å². The van der Waals surface area contributed by atoms with Gasteiger partial charge in [0.2, 0.25) is 0 Å². The number of nitrogens with zero attached hydrogens (tertiary/aromatic N) is 3. The topological polar surface area (TPSA) is 62.2 Å². The monoisotopic (exact) mass is 453 g/mol. The summed E-state index contributed by atoms with van der Waals surface area (Å²) in [7, 11) is 0. The largest absolute Gasteiger partial charge is 0.372 e. The molecule has 2 atom stereocenters. The number of nitrogens with one attached hydrogen (secondary N) is 2. The first-order valence-electron chi connectivity index (χ1n) is 11.3. The van der Waals surface area contributed by atoms with Gasteiger partial charge in [0.15, 0.2) is 0 Å². The molecule has 6 nitrogen and oxygen atoms in total. The fourth-order valence-electron chi connectivity index (χ4n) is 4.26. The number of amides is 1. The van der Waals surface area contributed by atoms with E-state index in [9.17, 15) is 13.6 Å². The third-order valence-electron chi connectivity index (χ3n) is 6.17. The quantitative estimate of drug-likeness (QED) is 0.485. The summed E-state index contributed by atoms with van der Waals surface area (Å²) in [5, 5.41) is 10.3. The Labute approximate surface area is 192 Å². The number of aromatic nitrogens is 2. The molecular weight excluding hydrogens is 424 g/mol. The van der Waals surface area contributed by atoms with E-state index in [0.717, 1.165) is 29.9 Å². The van der Waals surface area contributed by atoms with Crippen molar-refractivity contribution in [2.75, 3.05) is 28.6 Å². The lowest BCUT2D eigenvalue weighted by Crippen LogP contribution is -2.31. The van der Waals surface area contributed by atoms with E-state index in [4.69, 9.17) is 0 Å². The molecule has 33 heavy (non-hydrogen) atoms. The van der Waals surface area contributed by atoms with E-state index in [0.29, 0.717) is 11.5 Å². The molecule has 174 valence electrons. The number of rotatable bonds is 7. The molecule has 2 heterocycles. The second-order valence-corrected chi connectivity index (χ2v) is 8.27. The minimum absolute atomic E-state index is 0.184. The number of hydrogen-bond donors (Lipinski definition) is 2. The maximum absolute atomic E-state index is 13.9. The van der Waals surface area contributed by atoms with Crippen molar-refractivity contribution in [3.63, 3.8) is 0 Å². The predicted octanol–water partition coefficient (Wildman–Crippen LogP) is 5.65. The summed E-state index contributed by atoms with van der Waals surface area (Å²) in [6.07, 6.45) is -1.06. The molecule has 2 aromatic carbocycles. The zero-order chi connectivity index (χ0) is 23.5. The van der Waals surface area contributed by atoms with Crippen molar-refractivity contribution < 1.29 is 13.6 Å². The number of carbonyl (C=O) groups is 1. The molecule has 1 aromatic heterocycles. The molecule has 1 aliphatic heterocycles. The highest BCUT2D eigenvalue weighted by Gasteiger charge is 2.36. The summed E-state index contributed by atoms with van der Waals surface area (Å²) < 4.78 is 29.0.